The van der Waals surface area contributed by atoms with Crippen LogP contribution in [0.15, 0.2) is 12.3 Å². The second-order valence-corrected chi connectivity index (χ2v) is 4.23. The second kappa shape index (κ2) is 3.30. The number of hydrogen-bond acceptors (Lipinski definition) is 2. The van der Waals surface area contributed by atoms with E-state index >= 15 is 0 Å². The molecule has 1 unspecified atom stereocenters. The van der Waals surface area contributed by atoms with Gasteiger partial charge in [0.25, 0.3) is 0 Å². The smallest absolute Gasteiger partial charge is 0.0963 e. The molecule has 0 aliphatic heterocycles. The minimum absolute atomic E-state index is 0.330. The van der Waals surface area contributed by atoms with Crippen LogP contribution in [0.5, 0.6) is 0 Å². The third-order valence-corrected chi connectivity index (χ3v) is 3.26. The number of pyridine rings is 1. The Labute approximate surface area is 85.2 Å². The lowest BCUT2D eigenvalue weighted by Gasteiger charge is -2.20. The van der Waals surface area contributed by atoms with E-state index in [2.05, 4.69) is 27.6 Å². The summed E-state index contributed by atoms with van der Waals surface area (Å²) in [5, 5.41) is 9.62. The van der Waals surface area contributed by atoms with Crippen LogP contribution in [0.1, 0.15) is 30.2 Å². The highest BCUT2D eigenvalue weighted by Crippen LogP contribution is 2.30. The number of nitrogens with zero attached hydrogens (tertiary/aromatic N) is 1. The molecule has 0 saturated carbocycles. The zero-order chi connectivity index (χ0) is 8.55. The summed E-state index contributed by atoms with van der Waals surface area (Å²) in [4.78, 5) is 4.21. The molecule has 0 aromatic carbocycles. The fourth-order valence-corrected chi connectivity index (χ4v) is 2.33. The second-order valence-electron chi connectivity index (χ2n) is 3.06. The van der Waals surface area contributed by atoms with Crippen LogP contribution in [0, 0.1) is 3.57 Å². The summed E-state index contributed by atoms with van der Waals surface area (Å²) < 4.78 is 1.23. The lowest BCUT2D eigenvalue weighted by molar-refractivity contribution is 0.151. The van der Waals surface area contributed by atoms with E-state index in [1.54, 1.807) is 6.20 Å². The Morgan fingerprint density at radius 3 is 3.17 bits per heavy atom. The van der Waals surface area contributed by atoms with Gasteiger partial charge < -0.3 is 5.11 Å². The van der Waals surface area contributed by atoms with Crippen molar-refractivity contribution in [1.82, 2.24) is 4.98 Å². The zero-order valence-electron chi connectivity index (χ0n) is 6.63. The van der Waals surface area contributed by atoms with Crippen molar-refractivity contribution in [3.05, 3.63) is 27.1 Å². The van der Waals surface area contributed by atoms with E-state index in [1.807, 2.05) is 6.07 Å². The molecule has 1 heterocycles. The van der Waals surface area contributed by atoms with E-state index in [0.717, 1.165) is 25.0 Å². The predicted molar refractivity (Wildman–Crippen MR) is 54.9 cm³/mol. The summed E-state index contributed by atoms with van der Waals surface area (Å²) in [5.74, 6) is 0. The van der Waals surface area contributed by atoms with Gasteiger partial charge in [0.15, 0.2) is 0 Å². The van der Waals surface area contributed by atoms with Crippen LogP contribution in [-0.2, 0) is 6.42 Å². The molecule has 1 atom stereocenters. The van der Waals surface area contributed by atoms with E-state index in [9.17, 15) is 5.11 Å². The van der Waals surface area contributed by atoms with E-state index in [1.165, 1.54) is 9.13 Å². The minimum Gasteiger partial charge on any atom is -0.387 e. The molecule has 2 rings (SSSR count). The minimum atomic E-state index is -0.330. The first-order chi connectivity index (χ1) is 5.79. The first kappa shape index (κ1) is 8.44. The van der Waals surface area contributed by atoms with Crippen molar-refractivity contribution in [1.29, 1.82) is 0 Å². The number of aliphatic hydroxyl groups is 1. The SMILES string of the molecule is OC1CCCc2c(I)ccnc21. The number of aromatic nitrogens is 1. The summed E-state index contributed by atoms with van der Waals surface area (Å²) >= 11 is 2.30. The Morgan fingerprint density at radius 2 is 2.42 bits per heavy atom. The highest BCUT2D eigenvalue weighted by atomic mass is 127. The normalized spacial score (nSPS) is 22.0. The molecule has 0 amide bonds. The highest BCUT2D eigenvalue weighted by Gasteiger charge is 2.20. The molecule has 1 aliphatic rings. The Hall–Kier alpha value is -0.160. The third-order valence-electron chi connectivity index (χ3n) is 2.25. The van der Waals surface area contributed by atoms with Crippen molar-refractivity contribution < 1.29 is 5.11 Å². The van der Waals surface area contributed by atoms with E-state index in [4.69, 9.17) is 0 Å². The van der Waals surface area contributed by atoms with Crippen LogP contribution in [-0.4, -0.2) is 10.1 Å². The number of fused-ring (bicyclic) bond motifs is 1. The summed E-state index contributed by atoms with van der Waals surface area (Å²) in [5.41, 5.74) is 2.14. The molecule has 64 valence electrons. The van der Waals surface area contributed by atoms with Gasteiger partial charge in [-0.25, -0.2) is 0 Å². The maximum absolute atomic E-state index is 9.62. The number of rotatable bonds is 0. The Kier molecular flexibility index (Phi) is 2.32. The molecule has 0 spiro atoms. The summed E-state index contributed by atoms with van der Waals surface area (Å²) in [7, 11) is 0. The molecule has 1 N–H and O–H groups in total. The molecule has 1 aromatic heterocycles. The van der Waals surface area contributed by atoms with Crippen molar-refractivity contribution in [3.63, 3.8) is 0 Å². The van der Waals surface area contributed by atoms with Crippen LogP contribution in [0.3, 0.4) is 0 Å². The highest BCUT2D eigenvalue weighted by molar-refractivity contribution is 14.1. The van der Waals surface area contributed by atoms with Gasteiger partial charge in [-0.1, -0.05) is 0 Å². The molecule has 0 bridgehead atoms. The summed E-state index contributed by atoms with van der Waals surface area (Å²) in [6.07, 6.45) is 4.45. The van der Waals surface area contributed by atoms with Gasteiger partial charge in [0.05, 0.1) is 11.8 Å². The van der Waals surface area contributed by atoms with Gasteiger partial charge in [0.2, 0.25) is 0 Å². The van der Waals surface area contributed by atoms with Crippen molar-refractivity contribution in [2.24, 2.45) is 0 Å². The quantitative estimate of drug-likeness (QED) is 0.735. The molecule has 0 saturated heterocycles. The molecule has 0 radical (unpaired) electrons. The van der Waals surface area contributed by atoms with E-state index < -0.39 is 0 Å². The van der Waals surface area contributed by atoms with Gasteiger partial charge in [0.1, 0.15) is 0 Å². The summed E-state index contributed by atoms with van der Waals surface area (Å²) in [6.45, 7) is 0. The van der Waals surface area contributed by atoms with E-state index in [-0.39, 0.29) is 6.10 Å². The van der Waals surface area contributed by atoms with E-state index in [0.29, 0.717) is 0 Å². The van der Waals surface area contributed by atoms with Gasteiger partial charge in [-0.05, 0) is 53.5 Å². The largest absolute Gasteiger partial charge is 0.387 e. The Bertz CT molecular complexity index is 301. The number of aliphatic hydroxyl groups excluding tert-OH is 1. The number of halogens is 1. The van der Waals surface area contributed by atoms with Gasteiger partial charge in [-0.2, -0.15) is 0 Å². The van der Waals surface area contributed by atoms with Crippen LogP contribution in [0.2, 0.25) is 0 Å². The van der Waals surface area contributed by atoms with Crippen molar-refractivity contribution in [2.45, 2.75) is 25.4 Å². The zero-order valence-corrected chi connectivity index (χ0v) is 8.78. The van der Waals surface area contributed by atoms with Gasteiger partial charge in [-0.3, -0.25) is 4.98 Å². The lowest BCUT2D eigenvalue weighted by Crippen LogP contribution is -2.12. The van der Waals surface area contributed by atoms with Crippen LogP contribution >= 0.6 is 22.6 Å². The first-order valence-electron chi connectivity index (χ1n) is 4.10. The van der Waals surface area contributed by atoms with Crippen LogP contribution in [0.4, 0.5) is 0 Å². The molecule has 3 heteroatoms. The fourth-order valence-electron chi connectivity index (χ4n) is 1.63. The molecule has 12 heavy (non-hydrogen) atoms. The fraction of sp³-hybridized carbons (Fsp3) is 0.444. The van der Waals surface area contributed by atoms with Gasteiger partial charge >= 0.3 is 0 Å². The molecule has 0 fully saturated rings. The van der Waals surface area contributed by atoms with Gasteiger partial charge in [0, 0.05) is 9.77 Å². The maximum Gasteiger partial charge on any atom is 0.0963 e. The average molecular weight is 275 g/mol. The third kappa shape index (κ3) is 1.35. The Balaban J connectivity index is 2.52. The molecular formula is C9H10INO. The molecular weight excluding hydrogens is 265 g/mol. The first-order valence-corrected chi connectivity index (χ1v) is 5.18. The van der Waals surface area contributed by atoms with Crippen LogP contribution in [0.25, 0.3) is 0 Å². The van der Waals surface area contributed by atoms with Crippen molar-refractivity contribution in [2.75, 3.05) is 0 Å². The monoisotopic (exact) mass is 275 g/mol. The van der Waals surface area contributed by atoms with Crippen LogP contribution < -0.4 is 0 Å². The molecule has 1 aromatic rings. The van der Waals surface area contributed by atoms with Crippen molar-refractivity contribution >= 4 is 22.6 Å². The Morgan fingerprint density at radius 1 is 1.58 bits per heavy atom. The average Bonchev–Trinajstić information content (AvgIpc) is 2.07. The van der Waals surface area contributed by atoms with Crippen molar-refractivity contribution in [3.8, 4) is 0 Å². The predicted octanol–water partition coefficient (Wildman–Crippen LogP) is 2.06. The standard InChI is InChI=1S/C9H10INO/c10-7-4-5-11-9-6(7)2-1-3-8(9)12/h4-5,8,12H,1-3H2. The molecule has 1 aliphatic carbocycles. The number of hydrogen-bond donors (Lipinski definition) is 1. The lowest BCUT2D eigenvalue weighted by atomic mass is 9.94. The molecule has 2 nitrogen and oxygen atoms in total. The maximum atomic E-state index is 9.62. The topological polar surface area (TPSA) is 33.1 Å². The van der Waals surface area contributed by atoms with Gasteiger partial charge in [-0.15, -0.1) is 0 Å². The summed E-state index contributed by atoms with van der Waals surface area (Å²) in [6, 6.07) is 2.00.